The van der Waals surface area contributed by atoms with E-state index in [1.54, 1.807) is 0 Å². The molecule has 164 valence electrons. The number of carbonyl (C=O) groups is 1. The van der Waals surface area contributed by atoms with E-state index in [2.05, 4.69) is 9.46 Å². The Balaban J connectivity index is 1.98. The standard InChI is InChI=1S/C19H20ClF2NO5S2/c1-19(2,18(24)27-3)28-17-15(21)10-13(11-16(17)22)29-9-8-23-30(25,26)14-6-4-12(20)5-7-14/h4-7,10-11,23H,8-9H2,1-3H3. The topological polar surface area (TPSA) is 81.7 Å². The first kappa shape index (κ1) is 24.4. The maximum absolute atomic E-state index is 14.3. The summed E-state index contributed by atoms with van der Waals surface area (Å²) in [6.07, 6.45) is 0. The molecule has 0 aliphatic rings. The smallest absolute Gasteiger partial charge is 0.349 e. The highest BCUT2D eigenvalue weighted by Crippen LogP contribution is 2.31. The van der Waals surface area contributed by atoms with Gasteiger partial charge in [0, 0.05) is 22.2 Å². The maximum Gasteiger partial charge on any atom is 0.349 e. The SMILES string of the molecule is COC(=O)C(C)(C)Oc1c(F)cc(SCCNS(=O)(=O)c2ccc(Cl)cc2)cc1F. The molecule has 6 nitrogen and oxygen atoms in total. The molecule has 0 aliphatic carbocycles. The number of methoxy groups -OCH3 is 1. The number of sulfonamides is 1. The van der Waals surface area contributed by atoms with Crippen molar-refractivity contribution in [3.63, 3.8) is 0 Å². The van der Waals surface area contributed by atoms with Crippen molar-refractivity contribution in [2.24, 2.45) is 0 Å². The average Bonchev–Trinajstić information content (AvgIpc) is 2.67. The van der Waals surface area contributed by atoms with Gasteiger partial charge in [0.15, 0.2) is 23.0 Å². The number of benzene rings is 2. The number of esters is 1. The lowest BCUT2D eigenvalue weighted by Crippen LogP contribution is -2.39. The van der Waals surface area contributed by atoms with Crippen LogP contribution in [0.25, 0.3) is 0 Å². The second-order valence-corrected chi connectivity index (χ2v) is 9.89. The summed E-state index contributed by atoms with van der Waals surface area (Å²) in [4.78, 5) is 11.9. The summed E-state index contributed by atoms with van der Waals surface area (Å²) in [5.41, 5.74) is -1.58. The summed E-state index contributed by atoms with van der Waals surface area (Å²) in [5, 5.41) is 0.413. The predicted octanol–water partition coefficient (Wildman–Crippen LogP) is 4.02. The summed E-state index contributed by atoms with van der Waals surface area (Å²) >= 11 is 6.79. The average molecular weight is 480 g/mol. The van der Waals surface area contributed by atoms with Crippen LogP contribution < -0.4 is 9.46 Å². The monoisotopic (exact) mass is 479 g/mol. The van der Waals surface area contributed by atoms with Gasteiger partial charge in [-0.15, -0.1) is 11.8 Å². The van der Waals surface area contributed by atoms with Gasteiger partial charge in [0.1, 0.15) is 0 Å². The van der Waals surface area contributed by atoms with Crippen LogP contribution in [0.5, 0.6) is 5.75 Å². The van der Waals surface area contributed by atoms with Crippen molar-refractivity contribution in [2.75, 3.05) is 19.4 Å². The summed E-state index contributed by atoms with van der Waals surface area (Å²) < 4.78 is 65.1. The van der Waals surface area contributed by atoms with Crippen LogP contribution in [0.15, 0.2) is 46.2 Å². The number of hydrogen-bond donors (Lipinski definition) is 1. The lowest BCUT2D eigenvalue weighted by atomic mass is 10.1. The van der Waals surface area contributed by atoms with Gasteiger partial charge in [-0.25, -0.2) is 26.7 Å². The zero-order valence-electron chi connectivity index (χ0n) is 16.4. The highest BCUT2D eigenvalue weighted by Gasteiger charge is 2.33. The van der Waals surface area contributed by atoms with E-state index in [-0.39, 0.29) is 22.1 Å². The zero-order valence-corrected chi connectivity index (χ0v) is 18.8. The van der Waals surface area contributed by atoms with Gasteiger partial charge in [0.25, 0.3) is 0 Å². The van der Waals surface area contributed by atoms with Crippen molar-refractivity contribution in [2.45, 2.75) is 29.2 Å². The Morgan fingerprint density at radius 1 is 1.17 bits per heavy atom. The van der Waals surface area contributed by atoms with Gasteiger partial charge in [-0.2, -0.15) is 0 Å². The van der Waals surface area contributed by atoms with E-state index in [0.29, 0.717) is 5.02 Å². The predicted molar refractivity (Wildman–Crippen MR) is 110 cm³/mol. The molecule has 30 heavy (non-hydrogen) atoms. The normalized spacial score (nSPS) is 11.9. The van der Waals surface area contributed by atoms with Crippen LogP contribution in [0.1, 0.15) is 13.8 Å². The lowest BCUT2D eigenvalue weighted by Gasteiger charge is -2.24. The Morgan fingerprint density at radius 3 is 2.27 bits per heavy atom. The molecule has 0 unspecified atom stereocenters. The van der Waals surface area contributed by atoms with Crippen LogP contribution >= 0.6 is 23.4 Å². The number of halogens is 3. The van der Waals surface area contributed by atoms with Gasteiger partial charge in [-0.05, 0) is 50.2 Å². The van der Waals surface area contributed by atoms with E-state index in [1.165, 1.54) is 38.1 Å². The zero-order chi connectivity index (χ0) is 22.5. The molecular formula is C19H20ClF2NO5S2. The van der Waals surface area contributed by atoms with Gasteiger partial charge in [-0.1, -0.05) is 11.6 Å². The minimum absolute atomic E-state index is 0.0342. The number of rotatable bonds is 9. The minimum Gasteiger partial charge on any atom is -0.470 e. The van der Waals surface area contributed by atoms with Crippen LogP contribution in [0, 0.1) is 11.6 Å². The number of ether oxygens (including phenoxy) is 2. The third-order valence-corrected chi connectivity index (χ3v) is 6.50. The van der Waals surface area contributed by atoms with Gasteiger partial charge < -0.3 is 9.47 Å². The molecule has 0 aromatic heterocycles. The quantitative estimate of drug-likeness (QED) is 0.332. The molecule has 0 saturated carbocycles. The molecule has 0 aliphatic heterocycles. The van der Waals surface area contributed by atoms with E-state index in [1.807, 2.05) is 0 Å². The van der Waals surface area contributed by atoms with Gasteiger partial charge in [0.05, 0.1) is 12.0 Å². The van der Waals surface area contributed by atoms with Crippen molar-refractivity contribution in [3.05, 3.63) is 53.1 Å². The lowest BCUT2D eigenvalue weighted by molar-refractivity contribution is -0.156. The Kier molecular flexibility index (Phi) is 8.09. The van der Waals surface area contributed by atoms with E-state index in [4.69, 9.17) is 16.3 Å². The molecule has 2 aromatic carbocycles. The first-order valence-electron chi connectivity index (χ1n) is 8.61. The van der Waals surface area contributed by atoms with Crippen molar-refractivity contribution in [1.29, 1.82) is 0 Å². The Hall–Kier alpha value is -1.88. The van der Waals surface area contributed by atoms with E-state index >= 15 is 0 Å². The third kappa shape index (κ3) is 6.31. The molecule has 2 aromatic rings. The third-order valence-electron chi connectivity index (χ3n) is 3.79. The fourth-order valence-corrected chi connectivity index (χ4v) is 4.40. The molecule has 0 bridgehead atoms. The van der Waals surface area contributed by atoms with Crippen molar-refractivity contribution >= 4 is 39.4 Å². The molecule has 1 N–H and O–H groups in total. The van der Waals surface area contributed by atoms with E-state index in [9.17, 15) is 22.0 Å². The van der Waals surface area contributed by atoms with Crippen molar-refractivity contribution in [3.8, 4) is 5.75 Å². The molecule has 0 spiro atoms. The second-order valence-electron chi connectivity index (χ2n) is 6.52. The molecule has 11 heteroatoms. The largest absolute Gasteiger partial charge is 0.470 e. The molecule has 0 atom stereocenters. The van der Waals surface area contributed by atoms with E-state index < -0.39 is 39.0 Å². The number of nitrogens with one attached hydrogen (secondary N) is 1. The van der Waals surface area contributed by atoms with E-state index in [0.717, 1.165) is 31.0 Å². The highest BCUT2D eigenvalue weighted by atomic mass is 35.5. The Bertz CT molecular complexity index is 991. The second kappa shape index (κ2) is 9.95. The van der Waals surface area contributed by atoms with Crippen LogP contribution in [0.4, 0.5) is 8.78 Å². The highest BCUT2D eigenvalue weighted by molar-refractivity contribution is 7.99. The molecule has 0 saturated heterocycles. The summed E-state index contributed by atoms with van der Waals surface area (Å²) in [5.74, 6) is -3.24. The number of carbonyl (C=O) groups excluding carboxylic acids is 1. The van der Waals surface area contributed by atoms with Crippen LogP contribution in [0.3, 0.4) is 0 Å². The molecule has 0 fully saturated rings. The minimum atomic E-state index is -3.72. The van der Waals surface area contributed by atoms with Gasteiger partial charge >= 0.3 is 5.97 Å². The number of thioether (sulfide) groups is 1. The van der Waals surface area contributed by atoms with Gasteiger partial charge in [-0.3, -0.25) is 0 Å². The fraction of sp³-hybridized carbons (Fsp3) is 0.316. The molecular weight excluding hydrogens is 460 g/mol. The summed E-state index contributed by atoms with van der Waals surface area (Å²) in [6.45, 7) is 2.69. The first-order valence-corrected chi connectivity index (χ1v) is 11.5. The summed E-state index contributed by atoms with van der Waals surface area (Å²) in [7, 11) is -2.58. The van der Waals surface area contributed by atoms with Crippen molar-refractivity contribution in [1.82, 2.24) is 4.72 Å². The van der Waals surface area contributed by atoms with Crippen LogP contribution in [-0.2, 0) is 19.6 Å². The van der Waals surface area contributed by atoms with Crippen LogP contribution in [0.2, 0.25) is 5.02 Å². The number of hydrogen-bond acceptors (Lipinski definition) is 6. The Morgan fingerprint density at radius 2 is 1.73 bits per heavy atom. The summed E-state index contributed by atoms with van der Waals surface area (Å²) in [6, 6.07) is 7.76. The van der Waals surface area contributed by atoms with Crippen LogP contribution in [-0.4, -0.2) is 39.4 Å². The molecule has 0 radical (unpaired) electrons. The first-order chi connectivity index (χ1) is 14.0. The Labute approximate surface area is 182 Å². The fourth-order valence-electron chi connectivity index (χ4n) is 2.30. The maximum atomic E-state index is 14.3. The van der Waals surface area contributed by atoms with Crippen molar-refractivity contribution < 1.29 is 31.5 Å². The molecule has 0 amide bonds. The van der Waals surface area contributed by atoms with Gasteiger partial charge in [0.2, 0.25) is 10.0 Å². The molecule has 2 rings (SSSR count). The molecule has 0 heterocycles.